The zero-order valence-corrected chi connectivity index (χ0v) is 15.4. The number of nitrogens with one attached hydrogen (secondary N) is 1. The van der Waals surface area contributed by atoms with Crippen LogP contribution < -0.4 is 5.32 Å². The maximum atomic E-state index is 13.1. The number of aromatic nitrogens is 1. The van der Waals surface area contributed by atoms with Gasteiger partial charge in [-0.3, -0.25) is 14.9 Å². The normalized spacial score (nSPS) is 10.9. The number of hydrogen-bond acceptors (Lipinski definition) is 5. The molecule has 1 aromatic heterocycles. The van der Waals surface area contributed by atoms with Crippen LogP contribution >= 0.6 is 11.3 Å². The van der Waals surface area contributed by atoms with Crippen LogP contribution in [0.3, 0.4) is 0 Å². The predicted octanol–water partition coefficient (Wildman–Crippen LogP) is 4.98. The highest BCUT2D eigenvalue weighted by molar-refractivity contribution is 7.22. The van der Waals surface area contributed by atoms with Gasteiger partial charge in [-0.1, -0.05) is 72.0 Å². The van der Waals surface area contributed by atoms with E-state index in [1.165, 1.54) is 23.5 Å². The van der Waals surface area contributed by atoms with Gasteiger partial charge in [-0.05, 0) is 17.2 Å². The van der Waals surface area contributed by atoms with E-state index in [9.17, 15) is 14.9 Å². The minimum atomic E-state index is -0.483. The smallest absolute Gasteiger partial charge is 0.271 e. The second-order valence-corrected chi connectivity index (χ2v) is 7.20. The van der Waals surface area contributed by atoms with Gasteiger partial charge in [-0.2, -0.15) is 0 Å². The van der Waals surface area contributed by atoms with Gasteiger partial charge in [0.15, 0.2) is 5.13 Å². The van der Waals surface area contributed by atoms with Gasteiger partial charge in [0.25, 0.3) is 5.69 Å². The third-order valence-electron chi connectivity index (χ3n) is 4.34. The number of nitro groups is 1. The van der Waals surface area contributed by atoms with E-state index in [1.807, 2.05) is 60.7 Å². The molecule has 3 aromatic carbocycles. The molecule has 138 valence electrons. The van der Waals surface area contributed by atoms with E-state index in [4.69, 9.17) is 0 Å². The fraction of sp³-hybridized carbons (Fsp3) is 0.0476. The van der Waals surface area contributed by atoms with E-state index in [-0.39, 0.29) is 11.6 Å². The van der Waals surface area contributed by atoms with Crippen molar-refractivity contribution >= 4 is 38.3 Å². The molecule has 0 aliphatic heterocycles. The molecule has 0 saturated carbocycles. The monoisotopic (exact) mass is 389 g/mol. The van der Waals surface area contributed by atoms with Crippen LogP contribution in [-0.4, -0.2) is 15.8 Å². The first kappa shape index (κ1) is 17.8. The number of nitrogens with zero attached hydrogens (tertiary/aromatic N) is 2. The number of benzene rings is 3. The summed E-state index contributed by atoms with van der Waals surface area (Å²) in [7, 11) is 0. The summed E-state index contributed by atoms with van der Waals surface area (Å²) in [6, 6.07) is 23.6. The maximum Gasteiger partial charge on any atom is 0.271 e. The Morgan fingerprint density at radius 1 is 0.964 bits per heavy atom. The SMILES string of the molecule is O=C(Nc1nc2cc([N+](=O)[O-])ccc2s1)C(c1ccccc1)c1ccccc1. The van der Waals surface area contributed by atoms with Crippen molar-refractivity contribution in [3.63, 3.8) is 0 Å². The summed E-state index contributed by atoms with van der Waals surface area (Å²) in [4.78, 5) is 27.9. The molecule has 0 unspecified atom stereocenters. The molecule has 0 bridgehead atoms. The molecule has 0 atom stereocenters. The highest BCUT2D eigenvalue weighted by Gasteiger charge is 2.23. The second kappa shape index (κ2) is 7.58. The van der Waals surface area contributed by atoms with Crippen molar-refractivity contribution in [3.8, 4) is 0 Å². The van der Waals surface area contributed by atoms with Crippen LogP contribution in [0.2, 0.25) is 0 Å². The van der Waals surface area contributed by atoms with E-state index in [0.29, 0.717) is 10.6 Å². The number of thiazole rings is 1. The quantitative estimate of drug-likeness (QED) is 0.385. The largest absolute Gasteiger partial charge is 0.301 e. The van der Waals surface area contributed by atoms with Crippen molar-refractivity contribution in [1.82, 2.24) is 4.98 Å². The van der Waals surface area contributed by atoms with Crippen LogP contribution in [0.4, 0.5) is 10.8 Å². The summed E-state index contributed by atoms with van der Waals surface area (Å²) in [6.07, 6.45) is 0. The Morgan fingerprint density at radius 2 is 1.57 bits per heavy atom. The number of anilines is 1. The molecular weight excluding hydrogens is 374 g/mol. The van der Waals surface area contributed by atoms with E-state index < -0.39 is 10.8 Å². The highest BCUT2D eigenvalue weighted by atomic mass is 32.1. The zero-order chi connectivity index (χ0) is 19.5. The van der Waals surface area contributed by atoms with Gasteiger partial charge in [0.05, 0.1) is 21.1 Å². The number of rotatable bonds is 5. The van der Waals surface area contributed by atoms with Crippen LogP contribution in [0.25, 0.3) is 10.2 Å². The maximum absolute atomic E-state index is 13.1. The average molecular weight is 389 g/mol. The average Bonchev–Trinajstić information content (AvgIpc) is 3.11. The molecule has 0 aliphatic carbocycles. The third kappa shape index (κ3) is 3.60. The molecule has 6 nitrogen and oxygen atoms in total. The Labute approximate surface area is 164 Å². The van der Waals surface area contributed by atoms with Gasteiger partial charge in [-0.25, -0.2) is 4.98 Å². The molecule has 0 saturated heterocycles. The molecule has 1 heterocycles. The predicted molar refractivity (Wildman–Crippen MR) is 110 cm³/mol. The summed E-state index contributed by atoms with van der Waals surface area (Å²) in [5.41, 5.74) is 2.22. The lowest BCUT2D eigenvalue weighted by Crippen LogP contribution is -2.22. The van der Waals surface area contributed by atoms with Gasteiger partial charge in [0, 0.05) is 12.1 Å². The van der Waals surface area contributed by atoms with Crippen molar-refractivity contribution in [2.24, 2.45) is 0 Å². The Balaban J connectivity index is 1.66. The second-order valence-electron chi connectivity index (χ2n) is 6.17. The molecular formula is C21H15N3O3S. The number of amides is 1. The highest BCUT2D eigenvalue weighted by Crippen LogP contribution is 2.31. The van der Waals surface area contributed by atoms with Crippen LogP contribution in [0.15, 0.2) is 78.9 Å². The Kier molecular flexibility index (Phi) is 4.82. The standard InChI is InChI=1S/C21H15N3O3S/c25-20(19(14-7-3-1-4-8-14)15-9-5-2-6-10-15)23-21-22-17-13-16(24(26)27)11-12-18(17)28-21/h1-13,19H,(H,22,23,25). The first-order chi connectivity index (χ1) is 13.6. The first-order valence-electron chi connectivity index (χ1n) is 8.57. The van der Waals surface area contributed by atoms with E-state index in [2.05, 4.69) is 10.3 Å². The molecule has 0 fully saturated rings. The minimum absolute atomic E-state index is 0.0258. The number of nitro benzene ring substituents is 1. The van der Waals surface area contributed by atoms with Gasteiger partial charge in [0.2, 0.25) is 5.91 Å². The van der Waals surface area contributed by atoms with Crippen LogP contribution in [0, 0.1) is 10.1 Å². The third-order valence-corrected chi connectivity index (χ3v) is 5.29. The van der Waals surface area contributed by atoms with Gasteiger partial charge in [-0.15, -0.1) is 0 Å². The van der Waals surface area contributed by atoms with Gasteiger partial charge in [0.1, 0.15) is 0 Å². The Morgan fingerprint density at radius 3 is 2.14 bits per heavy atom. The molecule has 0 radical (unpaired) electrons. The van der Waals surface area contributed by atoms with Crippen LogP contribution in [-0.2, 0) is 4.79 Å². The van der Waals surface area contributed by atoms with Crippen molar-refractivity contribution in [2.45, 2.75) is 5.92 Å². The molecule has 4 aromatic rings. The van der Waals surface area contributed by atoms with Crippen LogP contribution in [0.1, 0.15) is 17.0 Å². The molecule has 1 amide bonds. The Hall–Kier alpha value is -3.58. The molecule has 28 heavy (non-hydrogen) atoms. The zero-order valence-electron chi connectivity index (χ0n) is 14.6. The molecule has 0 aliphatic rings. The number of hydrogen-bond donors (Lipinski definition) is 1. The lowest BCUT2D eigenvalue weighted by molar-refractivity contribution is -0.384. The van der Waals surface area contributed by atoms with Gasteiger partial charge < -0.3 is 5.32 Å². The van der Waals surface area contributed by atoms with Crippen molar-refractivity contribution < 1.29 is 9.72 Å². The summed E-state index contributed by atoms with van der Waals surface area (Å²) < 4.78 is 0.775. The molecule has 4 rings (SSSR count). The molecule has 7 heteroatoms. The summed E-state index contributed by atoms with van der Waals surface area (Å²) >= 11 is 1.29. The number of non-ortho nitro benzene ring substituents is 1. The molecule has 1 N–H and O–H groups in total. The van der Waals surface area contributed by atoms with Crippen molar-refractivity contribution in [1.29, 1.82) is 0 Å². The van der Waals surface area contributed by atoms with Crippen LogP contribution in [0.5, 0.6) is 0 Å². The molecule has 0 spiro atoms. The lowest BCUT2D eigenvalue weighted by Gasteiger charge is -2.16. The fourth-order valence-corrected chi connectivity index (χ4v) is 3.90. The summed E-state index contributed by atoms with van der Waals surface area (Å²) in [5, 5.41) is 14.2. The van der Waals surface area contributed by atoms with Gasteiger partial charge >= 0.3 is 0 Å². The number of carbonyl (C=O) groups is 1. The number of carbonyl (C=O) groups excluding carboxylic acids is 1. The van der Waals surface area contributed by atoms with E-state index in [1.54, 1.807) is 6.07 Å². The Bertz CT molecular complexity index is 1100. The first-order valence-corrected chi connectivity index (χ1v) is 9.39. The lowest BCUT2D eigenvalue weighted by atomic mass is 9.90. The summed E-state index contributed by atoms with van der Waals surface area (Å²) in [6.45, 7) is 0. The van der Waals surface area contributed by atoms with E-state index >= 15 is 0 Å². The van der Waals surface area contributed by atoms with Crippen molar-refractivity contribution in [2.75, 3.05) is 5.32 Å². The summed E-state index contributed by atoms with van der Waals surface area (Å²) in [5.74, 6) is -0.685. The van der Waals surface area contributed by atoms with Crippen molar-refractivity contribution in [3.05, 3.63) is 100 Å². The van der Waals surface area contributed by atoms with E-state index in [0.717, 1.165) is 15.8 Å². The topological polar surface area (TPSA) is 85.1 Å². The number of fused-ring (bicyclic) bond motifs is 1. The fourth-order valence-electron chi connectivity index (χ4n) is 3.05. The minimum Gasteiger partial charge on any atom is -0.301 e.